The van der Waals surface area contributed by atoms with Crippen LogP contribution in [0.25, 0.3) is 0 Å². The zero-order valence-electron chi connectivity index (χ0n) is 14.1. The van der Waals surface area contributed by atoms with E-state index in [9.17, 15) is 22.5 Å². The van der Waals surface area contributed by atoms with Gasteiger partial charge >= 0.3 is 5.92 Å². The molecule has 1 aromatic carbocycles. The van der Waals surface area contributed by atoms with Gasteiger partial charge in [-0.15, -0.1) is 0 Å². The van der Waals surface area contributed by atoms with Crippen molar-refractivity contribution in [3.05, 3.63) is 35.1 Å². The van der Waals surface area contributed by atoms with Crippen molar-refractivity contribution in [3.8, 4) is 0 Å². The Kier molecular flexibility index (Phi) is 5.48. The van der Waals surface area contributed by atoms with Gasteiger partial charge in [-0.1, -0.05) is 12.1 Å². The fourth-order valence-electron chi connectivity index (χ4n) is 1.69. The molecule has 130 valence electrons. The van der Waals surface area contributed by atoms with Gasteiger partial charge in [0.05, 0.1) is 16.0 Å². The summed E-state index contributed by atoms with van der Waals surface area (Å²) in [4.78, 5) is 0. The average Bonchev–Trinajstić information content (AvgIpc) is 2.35. The Balaban J connectivity index is 3.41. The molecule has 0 radical (unpaired) electrons. The van der Waals surface area contributed by atoms with E-state index in [0.717, 1.165) is 19.9 Å². The first-order valence-electron chi connectivity index (χ1n) is 7.06. The SMILES string of the molecule is C/C(=N/[S@](=O)C(C)(C)C)c1cccc(C(F)(F)C(C)(C)O)c1F. The van der Waals surface area contributed by atoms with Crippen LogP contribution in [0, 0.1) is 5.82 Å². The highest BCUT2D eigenvalue weighted by Crippen LogP contribution is 2.40. The number of halogens is 3. The third kappa shape index (κ3) is 4.20. The molecule has 0 fully saturated rings. The molecular weight excluding hydrogens is 327 g/mol. The monoisotopic (exact) mass is 349 g/mol. The molecule has 1 atom stereocenters. The van der Waals surface area contributed by atoms with Gasteiger partial charge in [0.15, 0.2) is 0 Å². The topological polar surface area (TPSA) is 49.7 Å². The summed E-state index contributed by atoms with van der Waals surface area (Å²) in [6, 6.07) is 3.47. The maximum Gasteiger partial charge on any atom is 0.303 e. The summed E-state index contributed by atoms with van der Waals surface area (Å²) in [6.45, 7) is 8.34. The van der Waals surface area contributed by atoms with Crippen molar-refractivity contribution >= 4 is 16.7 Å². The first kappa shape index (κ1) is 19.8. The van der Waals surface area contributed by atoms with E-state index in [2.05, 4.69) is 4.40 Å². The van der Waals surface area contributed by atoms with Crippen LogP contribution in [-0.2, 0) is 16.9 Å². The van der Waals surface area contributed by atoms with E-state index in [0.29, 0.717) is 0 Å². The number of hydrogen-bond donors (Lipinski definition) is 1. The molecule has 3 nitrogen and oxygen atoms in total. The third-order valence-electron chi connectivity index (χ3n) is 3.24. The first-order valence-corrected chi connectivity index (χ1v) is 8.17. The molecule has 1 rings (SSSR count). The lowest BCUT2D eigenvalue weighted by atomic mass is 9.91. The molecular formula is C16H22F3NO2S. The molecule has 0 amide bonds. The van der Waals surface area contributed by atoms with Gasteiger partial charge in [0.2, 0.25) is 0 Å². The molecule has 0 bridgehead atoms. The zero-order chi connectivity index (χ0) is 18.2. The zero-order valence-corrected chi connectivity index (χ0v) is 14.9. The highest BCUT2D eigenvalue weighted by Gasteiger charge is 2.49. The molecule has 1 aromatic rings. The second-order valence-electron chi connectivity index (χ2n) is 6.84. The van der Waals surface area contributed by atoms with Gasteiger partial charge in [-0.05, 0) is 47.6 Å². The molecule has 0 aliphatic carbocycles. The molecule has 0 saturated carbocycles. The first-order chi connectivity index (χ1) is 10.2. The lowest BCUT2D eigenvalue weighted by Crippen LogP contribution is -2.41. The van der Waals surface area contributed by atoms with Crippen molar-refractivity contribution in [1.29, 1.82) is 0 Å². The molecule has 0 spiro atoms. The Hall–Kier alpha value is -1.21. The van der Waals surface area contributed by atoms with Gasteiger partial charge in [0.1, 0.15) is 22.4 Å². The van der Waals surface area contributed by atoms with Gasteiger partial charge in [-0.25, -0.2) is 8.60 Å². The van der Waals surface area contributed by atoms with Crippen molar-refractivity contribution < 1.29 is 22.5 Å². The molecule has 1 N–H and O–H groups in total. The van der Waals surface area contributed by atoms with Gasteiger partial charge in [-0.2, -0.15) is 13.2 Å². The molecule has 0 aromatic heterocycles. The fraction of sp³-hybridized carbons (Fsp3) is 0.562. The second kappa shape index (κ2) is 6.36. The van der Waals surface area contributed by atoms with Crippen molar-refractivity contribution in [2.45, 2.75) is 57.8 Å². The summed E-state index contributed by atoms with van der Waals surface area (Å²) in [7, 11) is -1.64. The summed E-state index contributed by atoms with van der Waals surface area (Å²) < 4.78 is 58.3. The van der Waals surface area contributed by atoms with Crippen LogP contribution in [-0.4, -0.2) is 25.4 Å². The van der Waals surface area contributed by atoms with Crippen molar-refractivity contribution in [2.75, 3.05) is 0 Å². The second-order valence-corrected chi connectivity index (χ2v) is 8.74. The normalized spacial score (nSPS) is 15.7. The van der Waals surface area contributed by atoms with Crippen LogP contribution in [0.15, 0.2) is 22.6 Å². The van der Waals surface area contributed by atoms with Crippen LogP contribution in [0.4, 0.5) is 13.2 Å². The standard InChI is InChI=1S/C16H22F3NO2S/c1-10(20-23(22)14(2,3)4)11-8-7-9-12(13(11)17)16(18,19)15(5,6)21/h7-9,21H,1-6H3/b20-10-/t23-/m1/s1. The van der Waals surface area contributed by atoms with Gasteiger partial charge in [0, 0.05) is 5.56 Å². The Morgan fingerprint density at radius 3 is 2.13 bits per heavy atom. The van der Waals surface area contributed by atoms with Crippen LogP contribution in [0.1, 0.15) is 52.7 Å². The third-order valence-corrected chi connectivity index (χ3v) is 4.73. The summed E-state index contributed by atoms with van der Waals surface area (Å²) in [6.07, 6.45) is 0. The largest absolute Gasteiger partial charge is 0.384 e. The van der Waals surface area contributed by atoms with E-state index in [4.69, 9.17) is 0 Å². The maximum absolute atomic E-state index is 14.5. The molecule has 0 saturated heterocycles. The van der Waals surface area contributed by atoms with E-state index < -0.39 is 38.6 Å². The van der Waals surface area contributed by atoms with Crippen LogP contribution < -0.4 is 0 Å². The number of alkyl halides is 2. The number of hydrogen-bond acceptors (Lipinski definition) is 2. The fourth-order valence-corrected chi connectivity index (χ4v) is 2.31. The van der Waals surface area contributed by atoms with E-state index in [-0.39, 0.29) is 11.3 Å². The molecule has 0 unspecified atom stereocenters. The van der Waals surface area contributed by atoms with E-state index >= 15 is 0 Å². The minimum absolute atomic E-state index is 0.0594. The highest BCUT2D eigenvalue weighted by atomic mass is 32.2. The minimum atomic E-state index is -3.78. The predicted molar refractivity (Wildman–Crippen MR) is 86.7 cm³/mol. The molecule has 0 heterocycles. The van der Waals surface area contributed by atoms with E-state index in [1.807, 2.05) is 0 Å². The molecule has 7 heteroatoms. The summed E-state index contributed by atoms with van der Waals surface area (Å²) in [5, 5.41) is 9.61. The van der Waals surface area contributed by atoms with Crippen molar-refractivity contribution in [3.63, 3.8) is 0 Å². The van der Waals surface area contributed by atoms with Gasteiger partial charge in [0.25, 0.3) is 0 Å². The van der Waals surface area contributed by atoms with Crippen LogP contribution in [0.3, 0.4) is 0 Å². The predicted octanol–water partition coefficient (Wildman–Crippen LogP) is 3.96. The van der Waals surface area contributed by atoms with Crippen LogP contribution in [0.2, 0.25) is 0 Å². The smallest absolute Gasteiger partial charge is 0.303 e. The maximum atomic E-state index is 14.5. The summed E-state index contributed by atoms with van der Waals surface area (Å²) in [5.41, 5.74) is -3.45. The van der Waals surface area contributed by atoms with E-state index in [1.54, 1.807) is 20.8 Å². The van der Waals surface area contributed by atoms with Crippen LogP contribution >= 0.6 is 0 Å². The van der Waals surface area contributed by atoms with E-state index in [1.165, 1.54) is 19.1 Å². The van der Waals surface area contributed by atoms with Crippen molar-refractivity contribution in [1.82, 2.24) is 0 Å². The Morgan fingerprint density at radius 1 is 1.17 bits per heavy atom. The van der Waals surface area contributed by atoms with Crippen LogP contribution in [0.5, 0.6) is 0 Å². The lowest BCUT2D eigenvalue weighted by molar-refractivity contribution is -0.170. The molecule has 23 heavy (non-hydrogen) atoms. The Bertz CT molecular complexity index is 644. The highest BCUT2D eigenvalue weighted by molar-refractivity contribution is 7.85. The quantitative estimate of drug-likeness (QED) is 0.837. The van der Waals surface area contributed by atoms with Crippen molar-refractivity contribution in [2.24, 2.45) is 4.40 Å². The summed E-state index contributed by atoms with van der Waals surface area (Å²) in [5.74, 6) is -4.96. The Morgan fingerprint density at radius 2 is 1.70 bits per heavy atom. The number of rotatable bonds is 4. The van der Waals surface area contributed by atoms with Gasteiger partial charge < -0.3 is 5.11 Å². The number of aliphatic hydroxyl groups is 1. The Labute approximate surface area is 137 Å². The summed E-state index contributed by atoms with van der Waals surface area (Å²) >= 11 is 0. The average molecular weight is 349 g/mol. The lowest BCUT2D eigenvalue weighted by Gasteiger charge is -2.29. The number of benzene rings is 1. The number of nitrogens with zero attached hydrogens (tertiary/aromatic N) is 1. The minimum Gasteiger partial charge on any atom is -0.384 e. The molecule has 0 aliphatic heterocycles. The molecule has 0 aliphatic rings. The van der Waals surface area contributed by atoms with Gasteiger partial charge in [-0.3, -0.25) is 0 Å².